The highest BCUT2D eigenvalue weighted by Gasteiger charge is 2.07. The molecule has 0 saturated carbocycles. The molecule has 0 bridgehead atoms. The van der Waals surface area contributed by atoms with Crippen LogP contribution in [0.25, 0.3) is 0 Å². The second-order valence-electron chi connectivity index (χ2n) is 5.01. The number of aryl methyl sites for hydroxylation is 1. The summed E-state index contributed by atoms with van der Waals surface area (Å²) in [4.78, 5) is 0. The molecule has 0 saturated heterocycles. The summed E-state index contributed by atoms with van der Waals surface area (Å²) in [7, 11) is 1.67. The van der Waals surface area contributed by atoms with Crippen LogP contribution in [-0.4, -0.2) is 13.7 Å². The summed E-state index contributed by atoms with van der Waals surface area (Å²) in [5.41, 5.74) is 3.91. The highest BCUT2D eigenvalue weighted by Crippen LogP contribution is 2.34. The summed E-state index contributed by atoms with van der Waals surface area (Å²) in [6.45, 7) is 3.93. The van der Waals surface area contributed by atoms with Crippen LogP contribution in [0.4, 0.5) is 0 Å². The van der Waals surface area contributed by atoms with Crippen LogP contribution in [0.15, 0.2) is 45.3 Å². The zero-order valence-corrected chi connectivity index (χ0v) is 15.4. The van der Waals surface area contributed by atoms with Crippen LogP contribution in [-0.2, 0) is 13.0 Å². The number of hydrogen-bond donors (Lipinski definition) is 1. The molecule has 0 fully saturated rings. The Morgan fingerprint density at radius 2 is 1.76 bits per heavy atom. The molecular weight excluding hydrogens is 394 g/mol. The van der Waals surface area contributed by atoms with Gasteiger partial charge in [-0.2, -0.15) is 0 Å². The molecule has 0 heterocycles. The Labute approximate surface area is 143 Å². The molecule has 2 aromatic rings. The average molecular weight is 413 g/mol. The lowest BCUT2D eigenvalue weighted by molar-refractivity contribution is 0.409. The van der Waals surface area contributed by atoms with Crippen LogP contribution in [0.1, 0.15) is 16.7 Å². The van der Waals surface area contributed by atoms with Gasteiger partial charge in [-0.25, -0.2) is 0 Å². The Bertz CT molecular complexity index is 590. The normalized spacial score (nSPS) is 10.7. The molecule has 0 unspecified atom stereocenters. The van der Waals surface area contributed by atoms with Gasteiger partial charge in [-0.15, -0.1) is 0 Å². The van der Waals surface area contributed by atoms with Crippen molar-refractivity contribution in [2.75, 3.05) is 13.7 Å². The van der Waals surface area contributed by atoms with Crippen LogP contribution >= 0.6 is 31.9 Å². The molecule has 2 rings (SSSR count). The first kappa shape index (κ1) is 16.5. The largest absolute Gasteiger partial charge is 0.494 e. The van der Waals surface area contributed by atoms with Crippen LogP contribution in [0.5, 0.6) is 5.75 Å². The van der Waals surface area contributed by atoms with E-state index in [1.165, 1.54) is 16.7 Å². The molecule has 0 radical (unpaired) electrons. The number of halogens is 2. The highest BCUT2D eigenvalue weighted by atomic mass is 79.9. The second kappa shape index (κ2) is 7.97. The van der Waals surface area contributed by atoms with Gasteiger partial charge in [-0.1, -0.05) is 29.8 Å². The lowest BCUT2D eigenvalue weighted by Gasteiger charge is -2.10. The third-order valence-corrected chi connectivity index (χ3v) is 4.44. The first-order chi connectivity index (χ1) is 10.1. The number of benzene rings is 2. The Morgan fingerprint density at radius 1 is 1.05 bits per heavy atom. The lowest BCUT2D eigenvalue weighted by atomic mass is 10.1. The average Bonchev–Trinajstić information content (AvgIpc) is 2.43. The number of rotatable bonds is 6. The molecule has 0 aliphatic carbocycles. The Kier molecular flexibility index (Phi) is 6.27. The topological polar surface area (TPSA) is 21.3 Å². The van der Waals surface area contributed by atoms with Crippen LogP contribution < -0.4 is 10.1 Å². The predicted molar refractivity (Wildman–Crippen MR) is 95.0 cm³/mol. The van der Waals surface area contributed by atoms with E-state index in [2.05, 4.69) is 80.5 Å². The SMILES string of the molecule is COc1c(Br)cc(CNCCc2cccc(C)c2)cc1Br. The van der Waals surface area contributed by atoms with Crippen molar-refractivity contribution >= 4 is 31.9 Å². The molecule has 4 heteroatoms. The Morgan fingerprint density at radius 3 is 2.38 bits per heavy atom. The number of hydrogen-bond acceptors (Lipinski definition) is 2. The first-order valence-electron chi connectivity index (χ1n) is 6.88. The second-order valence-corrected chi connectivity index (χ2v) is 6.72. The van der Waals surface area contributed by atoms with Crippen molar-refractivity contribution < 1.29 is 4.74 Å². The number of nitrogens with one attached hydrogen (secondary N) is 1. The third kappa shape index (κ3) is 4.83. The Hall–Kier alpha value is -0.840. The first-order valence-corrected chi connectivity index (χ1v) is 8.47. The summed E-state index contributed by atoms with van der Waals surface area (Å²) in [6, 6.07) is 12.8. The van der Waals surface area contributed by atoms with Gasteiger partial charge in [-0.05, 0) is 75.0 Å². The Balaban J connectivity index is 1.86. The fourth-order valence-electron chi connectivity index (χ4n) is 2.24. The van der Waals surface area contributed by atoms with Crippen molar-refractivity contribution in [1.82, 2.24) is 5.32 Å². The van der Waals surface area contributed by atoms with Gasteiger partial charge < -0.3 is 10.1 Å². The van der Waals surface area contributed by atoms with Gasteiger partial charge in [0.1, 0.15) is 5.75 Å². The van der Waals surface area contributed by atoms with E-state index in [4.69, 9.17) is 4.74 Å². The van der Waals surface area contributed by atoms with E-state index in [0.717, 1.165) is 34.2 Å². The standard InChI is InChI=1S/C17H19Br2NO/c1-12-4-3-5-13(8-12)6-7-20-11-14-9-15(18)17(21-2)16(19)10-14/h3-5,8-10,20H,6-7,11H2,1-2H3. The number of methoxy groups -OCH3 is 1. The molecule has 21 heavy (non-hydrogen) atoms. The van der Waals surface area contributed by atoms with Crippen molar-refractivity contribution in [2.24, 2.45) is 0 Å². The van der Waals surface area contributed by atoms with Crippen LogP contribution in [0, 0.1) is 6.92 Å². The zero-order valence-electron chi connectivity index (χ0n) is 12.2. The van der Waals surface area contributed by atoms with Gasteiger partial charge in [0.05, 0.1) is 16.1 Å². The lowest BCUT2D eigenvalue weighted by Crippen LogP contribution is -2.16. The van der Waals surface area contributed by atoms with Crippen molar-refractivity contribution in [2.45, 2.75) is 19.9 Å². The quantitative estimate of drug-likeness (QED) is 0.684. The molecule has 0 aliphatic rings. The van der Waals surface area contributed by atoms with Gasteiger partial charge in [0.25, 0.3) is 0 Å². The van der Waals surface area contributed by atoms with Crippen LogP contribution in [0.3, 0.4) is 0 Å². The molecular formula is C17H19Br2NO. The molecule has 0 atom stereocenters. The van der Waals surface area contributed by atoms with Crippen molar-refractivity contribution in [3.63, 3.8) is 0 Å². The fourth-order valence-corrected chi connectivity index (χ4v) is 3.85. The van der Waals surface area contributed by atoms with E-state index in [-0.39, 0.29) is 0 Å². The zero-order chi connectivity index (χ0) is 15.2. The highest BCUT2D eigenvalue weighted by molar-refractivity contribution is 9.11. The van der Waals surface area contributed by atoms with Crippen molar-refractivity contribution in [1.29, 1.82) is 0 Å². The molecule has 0 spiro atoms. The van der Waals surface area contributed by atoms with E-state index in [1.54, 1.807) is 7.11 Å². The van der Waals surface area contributed by atoms with E-state index >= 15 is 0 Å². The van der Waals surface area contributed by atoms with E-state index < -0.39 is 0 Å². The molecule has 2 aromatic carbocycles. The van der Waals surface area contributed by atoms with Gasteiger partial charge in [-0.3, -0.25) is 0 Å². The van der Waals surface area contributed by atoms with Gasteiger partial charge in [0, 0.05) is 6.54 Å². The van der Waals surface area contributed by atoms with Gasteiger partial charge >= 0.3 is 0 Å². The minimum atomic E-state index is 0.832. The summed E-state index contributed by atoms with van der Waals surface area (Å²) < 4.78 is 7.25. The molecule has 0 aromatic heterocycles. The minimum absolute atomic E-state index is 0.832. The molecule has 112 valence electrons. The van der Waals surface area contributed by atoms with Gasteiger partial charge in [0.2, 0.25) is 0 Å². The maximum atomic E-state index is 5.31. The molecule has 2 nitrogen and oxygen atoms in total. The molecule has 0 amide bonds. The summed E-state index contributed by atoms with van der Waals surface area (Å²) >= 11 is 7.06. The predicted octanol–water partition coefficient (Wildman–Crippen LogP) is 4.86. The molecule has 0 aliphatic heterocycles. The minimum Gasteiger partial charge on any atom is -0.494 e. The van der Waals surface area contributed by atoms with E-state index in [1.807, 2.05) is 0 Å². The smallest absolute Gasteiger partial charge is 0.147 e. The maximum Gasteiger partial charge on any atom is 0.147 e. The summed E-state index contributed by atoms with van der Waals surface area (Å²) in [6.07, 6.45) is 1.04. The summed E-state index contributed by atoms with van der Waals surface area (Å²) in [5, 5.41) is 3.48. The fraction of sp³-hybridized carbons (Fsp3) is 0.294. The van der Waals surface area contributed by atoms with E-state index in [9.17, 15) is 0 Å². The molecule has 1 N–H and O–H groups in total. The third-order valence-electron chi connectivity index (χ3n) is 3.26. The van der Waals surface area contributed by atoms with Crippen LogP contribution in [0.2, 0.25) is 0 Å². The van der Waals surface area contributed by atoms with E-state index in [0.29, 0.717) is 0 Å². The summed E-state index contributed by atoms with van der Waals surface area (Å²) in [5.74, 6) is 0.832. The van der Waals surface area contributed by atoms with Gasteiger partial charge in [0.15, 0.2) is 0 Å². The van der Waals surface area contributed by atoms with Crippen molar-refractivity contribution in [3.05, 3.63) is 62.0 Å². The number of ether oxygens (including phenoxy) is 1. The monoisotopic (exact) mass is 411 g/mol. The maximum absolute atomic E-state index is 5.31. The van der Waals surface area contributed by atoms with Crippen molar-refractivity contribution in [3.8, 4) is 5.75 Å².